The summed E-state index contributed by atoms with van der Waals surface area (Å²) in [5.74, 6) is -0.0553. The minimum Gasteiger partial charge on any atom is -0.490 e. The van der Waals surface area contributed by atoms with Crippen LogP contribution in [0.25, 0.3) is 0 Å². The number of hydrogen-bond donors (Lipinski definition) is 1. The highest BCUT2D eigenvalue weighted by Gasteiger charge is 2.29. The SMILES string of the molecule is O=C(O)CC1C[C@H](Cc2ccc(Cl)c(Cl)c2)Oc2ccccc21. The van der Waals surface area contributed by atoms with Crippen LogP contribution in [0.5, 0.6) is 5.75 Å². The number of benzene rings is 2. The van der Waals surface area contributed by atoms with Gasteiger partial charge in [-0.15, -0.1) is 0 Å². The number of aliphatic carboxylic acids is 1. The van der Waals surface area contributed by atoms with E-state index in [1.807, 2.05) is 36.4 Å². The Labute approximate surface area is 144 Å². The third-order valence-corrected chi connectivity index (χ3v) is 4.81. The van der Waals surface area contributed by atoms with E-state index in [1.54, 1.807) is 6.07 Å². The van der Waals surface area contributed by atoms with Gasteiger partial charge in [0.1, 0.15) is 11.9 Å². The first-order chi connectivity index (χ1) is 11.0. The molecule has 120 valence electrons. The first-order valence-electron chi connectivity index (χ1n) is 7.44. The van der Waals surface area contributed by atoms with Crippen molar-refractivity contribution < 1.29 is 14.6 Å². The van der Waals surface area contributed by atoms with Gasteiger partial charge in [-0.3, -0.25) is 4.79 Å². The Bertz CT molecular complexity index is 730. The molecule has 0 amide bonds. The van der Waals surface area contributed by atoms with Gasteiger partial charge < -0.3 is 9.84 Å². The number of fused-ring (bicyclic) bond motifs is 1. The number of para-hydroxylation sites is 1. The Morgan fingerprint density at radius 2 is 1.96 bits per heavy atom. The van der Waals surface area contributed by atoms with Crippen LogP contribution < -0.4 is 4.74 Å². The summed E-state index contributed by atoms with van der Waals surface area (Å²) in [4.78, 5) is 11.2. The molecule has 1 heterocycles. The highest BCUT2D eigenvalue weighted by molar-refractivity contribution is 6.42. The van der Waals surface area contributed by atoms with Crippen LogP contribution in [0.3, 0.4) is 0 Å². The van der Waals surface area contributed by atoms with Gasteiger partial charge in [0, 0.05) is 12.3 Å². The number of carboxylic acids is 1. The number of hydrogen-bond acceptors (Lipinski definition) is 2. The lowest BCUT2D eigenvalue weighted by Gasteiger charge is -2.31. The van der Waals surface area contributed by atoms with Gasteiger partial charge in [-0.05, 0) is 35.7 Å². The Kier molecular flexibility index (Phi) is 4.79. The van der Waals surface area contributed by atoms with Gasteiger partial charge in [0.25, 0.3) is 0 Å². The summed E-state index contributed by atoms with van der Waals surface area (Å²) in [7, 11) is 0. The number of rotatable bonds is 4. The summed E-state index contributed by atoms with van der Waals surface area (Å²) in [6.07, 6.45) is 1.37. The van der Waals surface area contributed by atoms with Crippen LogP contribution >= 0.6 is 23.2 Å². The third kappa shape index (κ3) is 3.80. The monoisotopic (exact) mass is 350 g/mol. The lowest BCUT2D eigenvalue weighted by atomic mass is 9.85. The first-order valence-corrected chi connectivity index (χ1v) is 8.20. The van der Waals surface area contributed by atoms with E-state index in [-0.39, 0.29) is 18.4 Å². The molecule has 1 unspecified atom stereocenters. The minimum atomic E-state index is -0.792. The van der Waals surface area contributed by atoms with Crippen LogP contribution in [0, 0.1) is 0 Å². The number of carbonyl (C=O) groups is 1. The number of ether oxygens (including phenoxy) is 1. The van der Waals surface area contributed by atoms with Crippen LogP contribution in [0.4, 0.5) is 0 Å². The van der Waals surface area contributed by atoms with Crippen molar-refractivity contribution in [3.63, 3.8) is 0 Å². The Morgan fingerprint density at radius 3 is 2.70 bits per heavy atom. The van der Waals surface area contributed by atoms with E-state index in [1.165, 1.54) is 0 Å². The van der Waals surface area contributed by atoms with E-state index >= 15 is 0 Å². The van der Waals surface area contributed by atoms with Gasteiger partial charge in [0.2, 0.25) is 0 Å². The van der Waals surface area contributed by atoms with Crippen LogP contribution in [0.2, 0.25) is 10.0 Å². The van der Waals surface area contributed by atoms with E-state index in [9.17, 15) is 4.79 Å². The van der Waals surface area contributed by atoms with Crippen molar-refractivity contribution in [3.8, 4) is 5.75 Å². The Hall–Kier alpha value is -1.71. The molecule has 23 heavy (non-hydrogen) atoms. The second-order valence-electron chi connectivity index (χ2n) is 5.76. The second kappa shape index (κ2) is 6.81. The molecule has 0 spiro atoms. The highest BCUT2D eigenvalue weighted by atomic mass is 35.5. The normalized spacial score (nSPS) is 19.7. The van der Waals surface area contributed by atoms with Gasteiger partial charge in [-0.25, -0.2) is 0 Å². The fraction of sp³-hybridized carbons (Fsp3) is 0.278. The molecule has 2 aromatic rings. The molecule has 2 aromatic carbocycles. The zero-order chi connectivity index (χ0) is 16.4. The van der Waals surface area contributed by atoms with Crippen molar-refractivity contribution in [1.29, 1.82) is 0 Å². The molecule has 3 rings (SSSR count). The van der Waals surface area contributed by atoms with E-state index in [0.717, 1.165) is 16.9 Å². The van der Waals surface area contributed by atoms with E-state index < -0.39 is 5.97 Å². The molecule has 2 atom stereocenters. The summed E-state index contributed by atoms with van der Waals surface area (Å²) in [6, 6.07) is 13.2. The highest BCUT2D eigenvalue weighted by Crippen LogP contribution is 2.39. The zero-order valence-corrected chi connectivity index (χ0v) is 13.8. The maximum absolute atomic E-state index is 11.2. The van der Waals surface area contributed by atoms with E-state index in [2.05, 4.69) is 0 Å². The molecular weight excluding hydrogens is 335 g/mol. The quantitative estimate of drug-likeness (QED) is 0.848. The molecule has 3 nitrogen and oxygen atoms in total. The van der Waals surface area contributed by atoms with Crippen molar-refractivity contribution in [2.24, 2.45) is 0 Å². The lowest BCUT2D eigenvalue weighted by Crippen LogP contribution is -2.28. The van der Waals surface area contributed by atoms with Gasteiger partial charge in [-0.2, -0.15) is 0 Å². The second-order valence-corrected chi connectivity index (χ2v) is 6.58. The maximum Gasteiger partial charge on any atom is 0.303 e. The molecule has 0 aromatic heterocycles. The van der Waals surface area contributed by atoms with Crippen molar-refractivity contribution in [3.05, 3.63) is 63.6 Å². The van der Waals surface area contributed by atoms with Gasteiger partial charge in [0.05, 0.1) is 16.5 Å². The average Bonchev–Trinajstić information content (AvgIpc) is 2.50. The third-order valence-electron chi connectivity index (χ3n) is 4.07. The number of carboxylic acid groups (broad SMARTS) is 1. The number of halogens is 2. The first kappa shape index (κ1) is 16.2. The van der Waals surface area contributed by atoms with Crippen molar-refractivity contribution in [2.45, 2.75) is 31.3 Å². The predicted octanol–water partition coefficient (Wildman–Crippen LogP) is 4.95. The smallest absolute Gasteiger partial charge is 0.303 e. The Morgan fingerprint density at radius 1 is 1.17 bits per heavy atom. The summed E-state index contributed by atoms with van der Waals surface area (Å²) in [6.45, 7) is 0. The van der Waals surface area contributed by atoms with Gasteiger partial charge in [0.15, 0.2) is 0 Å². The van der Waals surface area contributed by atoms with Crippen LogP contribution in [-0.4, -0.2) is 17.2 Å². The summed E-state index contributed by atoms with van der Waals surface area (Å²) in [5, 5.41) is 10.2. The molecular formula is C18H16Cl2O3. The molecule has 0 aliphatic carbocycles. The van der Waals surface area contributed by atoms with Gasteiger partial charge >= 0.3 is 5.97 Å². The average molecular weight is 351 g/mol. The van der Waals surface area contributed by atoms with Crippen LogP contribution in [0.15, 0.2) is 42.5 Å². The topological polar surface area (TPSA) is 46.5 Å². The van der Waals surface area contributed by atoms with Gasteiger partial charge in [-0.1, -0.05) is 47.5 Å². The summed E-state index contributed by atoms with van der Waals surface area (Å²) >= 11 is 12.0. The predicted molar refractivity (Wildman–Crippen MR) is 90.6 cm³/mol. The van der Waals surface area contributed by atoms with Crippen molar-refractivity contribution >= 4 is 29.2 Å². The molecule has 1 aliphatic rings. The summed E-state index contributed by atoms with van der Waals surface area (Å²) < 4.78 is 6.05. The van der Waals surface area contributed by atoms with Crippen LogP contribution in [-0.2, 0) is 11.2 Å². The van der Waals surface area contributed by atoms with Crippen molar-refractivity contribution in [2.75, 3.05) is 0 Å². The molecule has 5 heteroatoms. The Balaban J connectivity index is 1.81. The van der Waals surface area contributed by atoms with E-state index in [4.69, 9.17) is 33.0 Å². The lowest BCUT2D eigenvalue weighted by molar-refractivity contribution is -0.137. The molecule has 0 saturated carbocycles. The van der Waals surface area contributed by atoms with Crippen LogP contribution in [0.1, 0.15) is 29.9 Å². The van der Waals surface area contributed by atoms with E-state index in [0.29, 0.717) is 22.9 Å². The molecule has 0 fully saturated rings. The molecule has 1 aliphatic heterocycles. The molecule has 1 N–H and O–H groups in total. The maximum atomic E-state index is 11.2. The zero-order valence-electron chi connectivity index (χ0n) is 12.3. The molecule has 0 bridgehead atoms. The minimum absolute atomic E-state index is 0.0368. The van der Waals surface area contributed by atoms with Crippen molar-refractivity contribution in [1.82, 2.24) is 0 Å². The standard InChI is InChI=1S/C18H16Cl2O3/c19-15-6-5-11(8-16(15)20)7-13-9-12(10-18(21)22)14-3-1-2-4-17(14)23-13/h1-6,8,12-13H,7,9-10H2,(H,21,22)/t12?,13-/m0/s1. The molecule has 0 radical (unpaired) electrons. The summed E-state index contributed by atoms with van der Waals surface area (Å²) in [5.41, 5.74) is 2.00. The fourth-order valence-corrected chi connectivity index (χ4v) is 3.38. The molecule has 0 saturated heterocycles. The largest absolute Gasteiger partial charge is 0.490 e. The fourth-order valence-electron chi connectivity index (χ4n) is 3.06.